The van der Waals surface area contributed by atoms with Crippen LogP contribution in [0.5, 0.6) is 0 Å². The Labute approximate surface area is 151 Å². The van der Waals surface area contributed by atoms with Crippen molar-refractivity contribution in [2.45, 2.75) is 26.2 Å². The van der Waals surface area contributed by atoms with Gasteiger partial charge in [0.25, 0.3) is 0 Å². The molecule has 0 spiro atoms. The SMILES string of the molecule is CN=C(NCCCc1nnc2ccccn12)NCCc1csc(C)n1. The summed E-state index contributed by atoms with van der Waals surface area (Å²) in [7, 11) is 1.79. The number of nitrogens with one attached hydrogen (secondary N) is 2. The Balaban J connectivity index is 1.38. The van der Waals surface area contributed by atoms with Gasteiger partial charge in [-0.25, -0.2) is 4.98 Å². The van der Waals surface area contributed by atoms with Crippen LogP contribution in [0.3, 0.4) is 0 Å². The highest BCUT2D eigenvalue weighted by molar-refractivity contribution is 7.09. The van der Waals surface area contributed by atoms with E-state index in [1.807, 2.05) is 35.7 Å². The predicted octanol–water partition coefficient (Wildman–Crippen LogP) is 1.83. The van der Waals surface area contributed by atoms with Crippen LogP contribution < -0.4 is 10.6 Å². The van der Waals surface area contributed by atoms with E-state index < -0.39 is 0 Å². The van der Waals surface area contributed by atoms with Crippen molar-refractivity contribution in [2.75, 3.05) is 20.1 Å². The van der Waals surface area contributed by atoms with Gasteiger partial charge in [-0.1, -0.05) is 6.07 Å². The predicted molar refractivity (Wildman–Crippen MR) is 101 cm³/mol. The summed E-state index contributed by atoms with van der Waals surface area (Å²) >= 11 is 1.69. The fourth-order valence-corrected chi connectivity index (χ4v) is 3.21. The maximum Gasteiger partial charge on any atom is 0.190 e. The molecule has 0 aliphatic heterocycles. The number of pyridine rings is 1. The summed E-state index contributed by atoms with van der Waals surface area (Å²) in [6.45, 7) is 3.68. The zero-order chi connectivity index (χ0) is 17.5. The Bertz CT molecular complexity index is 836. The van der Waals surface area contributed by atoms with Crippen LogP contribution in [0.15, 0.2) is 34.8 Å². The summed E-state index contributed by atoms with van der Waals surface area (Å²) in [5, 5.41) is 18.3. The normalized spacial score (nSPS) is 11.8. The first kappa shape index (κ1) is 17.3. The zero-order valence-electron chi connectivity index (χ0n) is 14.6. The Kier molecular flexibility index (Phi) is 5.95. The molecule has 0 radical (unpaired) electrons. The van der Waals surface area contributed by atoms with E-state index in [2.05, 4.69) is 36.2 Å². The van der Waals surface area contributed by atoms with Gasteiger partial charge < -0.3 is 10.6 Å². The van der Waals surface area contributed by atoms with Crippen molar-refractivity contribution in [3.05, 3.63) is 46.3 Å². The molecular formula is C17H23N7S. The van der Waals surface area contributed by atoms with Crippen molar-refractivity contribution in [1.82, 2.24) is 30.2 Å². The lowest BCUT2D eigenvalue weighted by Crippen LogP contribution is -2.38. The Hall–Kier alpha value is -2.48. The van der Waals surface area contributed by atoms with E-state index in [9.17, 15) is 0 Å². The maximum absolute atomic E-state index is 4.47. The number of aryl methyl sites for hydroxylation is 2. The van der Waals surface area contributed by atoms with Crippen molar-refractivity contribution in [2.24, 2.45) is 4.99 Å². The molecule has 0 atom stereocenters. The summed E-state index contributed by atoms with van der Waals surface area (Å²) in [5.41, 5.74) is 2.02. The van der Waals surface area contributed by atoms with Crippen molar-refractivity contribution >= 4 is 22.9 Å². The van der Waals surface area contributed by atoms with Crippen LogP contribution in [0.4, 0.5) is 0 Å². The molecule has 0 bridgehead atoms. The molecule has 8 heteroatoms. The second kappa shape index (κ2) is 8.57. The summed E-state index contributed by atoms with van der Waals surface area (Å²) in [6, 6.07) is 5.93. The van der Waals surface area contributed by atoms with E-state index in [0.717, 1.165) is 60.5 Å². The molecule has 0 fully saturated rings. The number of nitrogens with zero attached hydrogens (tertiary/aromatic N) is 5. The number of hydrogen-bond donors (Lipinski definition) is 2. The second-order valence-electron chi connectivity index (χ2n) is 5.68. The number of rotatable bonds is 7. The first-order valence-corrected chi connectivity index (χ1v) is 9.28. The Morgan fingerprint density at radius 2 is 2.08 bits per heavy atom. The minimum Gasteiger partial charge on any atom is -0.356 e. The molecule has 3 aromatic rings. The molecule has 0 saturated carbocycles. The number of fused-ring (bicyclic) bond motifs is 1. The number of thiazole rings is 1. The summed E-state index contributed by atoms with van der Waals surface area (Å²) < 4.78 is 2.03. The van der Waals surface area contributed by atoms with Gasteiger partial charge in [-0.05, 0) is 25.5 Å². The van der Waals surface area contributed by atoms with Gasteiger partial charge in [-0.2, -0.15) is 0 Å². The van der Waals surface area contributed by atoms with E-state index in [0.29, 0.717) is 0 Å². The lowest BCUT2D eigenvalue weighted by atomic mass is 10.3. The smallest absolute Gasteiger partial charge is 0.190 e. The maximum atomic E-state index is 4.47. The number of hydrogen-bond acceptors (Lipinski definition) is 5. The third-order valence-electron chi connectivity index (χ3n) is 3.82. The minimum atomic E-state index is 0.817. The Morgan fingerprint density at radius 1 is 1.20 bits per heavy atom. The first-order valence-electron chi connectivity index (χ1n) is 8.40. The summed E-state index contributed by atoms with van der Waals surface area (Å²) in [5.74, 6) is 1.80. The summed E-state index contributed by atoms with van der Waals surface area (Å²) in [4.78, 5) is 8.72. The average Bonchev–Trinajstić information content (AvgIpc) is 3.23. The van der Waals surface area contributed by atoms with Gasteiger partial charge >= 0.3 is 0 Å². The Morgan fingerprint density at radius 3 is 2.88 bits per heavy atom. The van der Waals surface area contributed by atoms with E-state index >= 15 is 0 Å². The van der Waals surface area contributed by atoms with E-state index in [1.165, 1.54) is 0 Å². The second-order valence-corrected chi connectivity index (χ2v) is 6.74. The molecule has 0 aromatic carbocycles. The van der Waals surface area contributed by atoms with E-state index in [4.69, 9.17) is 0 Å². The molecular weight excluding hydrogens is 334 g/mol. The molecule has 0 aliphatic rings. The van der Waals surface area contributed by atoms with Crippen LogP contribution in [0, 0.1) is 6.92 Å². The highest BCUT2D eigenvalue weighted by atomic mass is 32.1. The quantitative estimate of drug-likeness (QED) is 0.383. The lowest BCUT2D eigenvalue weighted by molar-refractivity contribution is 0.711. The number of guanidine groups is 1. The molecule has 132 valence electrons. The molecule has 0 aliphatic carbocycles. The largest absolute Gasteiger partial charge is 0.356 e. The summed E-state index contributed by atoms with van der Waals surface area (Å²) in [6.07, 6.45) is 4.73. The number of aromatic nitrogens is 4. The van der Waals surface area contributed by atoms with Gasteiger partial charge in [-0.15, -0.1) is 21.5 Å². The topological polar surface area (TPSA) is 79.5 Å². The first-order chi connectivity index (χ1) is 12.3. The van der Waals surface area contributed by atoms with Crippen molar-refractivity contribution < 1.29 is 0 Å². The molecule has 3 rings (SSSR count). The zero-order valence-corrected chi connectivity index (χ0v) is 15.4. The van der Waals surface area contributed by atoms with Crippen LogP contribution in [-0.4, -0.2) is 45.7 Å². The standard InChI is InChI=1S/C17H23N7S/c1-13-21-14(12-25-13)8-10-20-17(18-2)19-9-5-7-16-23-22-15-6-3-4-11-24(15)16/h3-4,6,11-12H,5,7-10H2,1-2H3,(H2,18,19,20). The average molecular weight is 357 g/mol. The third kappa shape index (κ3) is 4.76. The van der Waals surface area contributed by atoms with Crippen LogP contribution in [0.2, 0.25) is 0 Å². The van der Waals surface area contributed by atoms with Gasteiger partial charge in [0.2, 0.25) is 0 Å². The minimum absolute atomic E-state index is 0.817. The molecule has 0 saturated heterocycles. The van der Waals surface area contributed by atoms with Crippen LogP contribution in [0.25, 0.3) is 5.65 Å². The van der Waals surface area contributed by atoms with Crippen LogP contribution in [0.1, 0.15) is 22.9 Å². The van der Waals surface area contributed by atoms with Gasteiger partial charge in [0, 0.05) is 44.6 Å². The molecule has 3 heterocycles. The highest BCUT2D eigenvalue weighted by Crippen LogP contribution is 2.07. The highest BCUT2D eigenvalue weighted by Gasteiger charge is 2.04. The molecule has 0 unspecified atom stereocenters. The van der Waals surface area contributed by atoms with Gasteiger partial charge in [0.05, 0.1) is 10.7 Å². The fourth-order valence-electron chi connectivity index (χ4n) is 2.57. The fraction of sp³-hybridized carbons (Fsp3) is 0.412. The monoisotopic (exact) mass is 357 g/mol. The third-order valence-corrected chi connectivity index (χ3v) is 4.64. The lowest BCUT2D eigenvalue weighted by Gasteiger charge is -2.11. The number of aliphatic imine (C=N–C) groups is 1. The van der Waals surface area contributed by atoms with Crippen molar-refractivity contribution in [1.29, 1.82) is 0 Å². The van der Waals surface area contributed by atoms with Gasteiger partial charge in [-0.3, -0.25) is 9.39 Å². The van der Waals surface area contributed by atoms with Gasteiger partial charge in [0.1, 0.15) is 5.82 Å². The van der Waals surface area contributed by atoms with E-state index in [-0.39, 0.29) is 0 Å². The molecule has 0 amide bonds. The molecule has 3 aromatic heterocycles. The van der Waals surface area contributed by atoms with Crippen LogP contribution in [-0.2, 0) is 12.8 Å². The van der Waals surface area contributed by atoms with Gasteiger partial charge in [0.15, 0.2) is 11.6 Å². The van der Waals surface area contributed by atoms with Crippen LogP contribution >= 0.6 is 11.3 Å². The molecule has 25 heavy (non-hydrogen) atoms. The molecule has 2 N–H and O–H groups in total. The molecule has 7 nitrogen and oxygen atoms in total. The van der Waals surface area contributed by atoms with Crippen molar-refractivity contribution in [3.8, 4) is 0 Å². The van der Waals surface area contributed by atoms with Crippen molar-refractivity contribution in [3.63, 3.8) is 0 Å². The van der Waals surface area contributed by atoms with E-state index in [1.54, 1.807) is 18.4 Å².